The zero-order valence-corrected chi connectivity index (χ0v) is 22.1. The Morgan fingerprint density at radius 1 is 1.00 bits per heavy atom. The van der Waals surface area contributed by atoms with E-state index in [1.807, 2.05) is 18.2 Å². The number of carbonyl (C=O) groups is 1. The van der Waals surface area contributed by atoms with Gasteiger partial charge in [-0.1, -0.05) is 0 Å². The van der Waals surface area contributed by atoms with Crippen LogP contribution in [0.5, 0.6) is 0 Å². The average molecular weight is 509 g/mol. The summed E-state index contributed by atoms with van der Waals surface area (Å²) in [5.74, 6) is 0.329. The zero-order chi connectivity index (χ0) is 24.6. The first-order valence-corrected chi connectivity index (χ1v) is 12.3. The molecule has 5 heteroatoms. The van der Waals surface area contributed by atoms with Crippen LogP contribution in [0.3, 0.4) is 0 Å². The molecule has 2 aromatic carbocycles. The van der Waals surface area contributed by atoms with E-state index in [0.717, 1.165) is 32.1 Å². The Kier molecular flexibility index (Phi) is 6.55. The van der Waals surface area contributed by atoms with Gasteiger partial charge in [-0.15, -0.1) is 0 Å². The Labute approximate surface area is 210 Å². The third-order valence-corrected chi connectivity index (χ3v) is 6.80. The molecule has 4 nitrogen and oxygen atoms in total. The molecule has 0 N–H and O–H groups in total. The Balaban J connectivity index is 2.00. The van der Waals surface area contributed by atoms with Gasteiger partial charge >= 0.3 is 210 Å². The molecule has 0 aliphatic carbocycles. The van der Waals surface area contributed by atoms with E-state index >= 15 is 0 Å². The normalized spacial score (nSPS) is 11.7. The number of pyridine rings is 1. The second-order valence-corrected chi connectivity index (χ2v) is 10.7. The Morgan fingerprint density at radius 2 is 1.71 bits per heavy atom. The maximum absolute atomic E-state index is 12.9. The maximum atomic E-state index is 12.9. The van der Waals surface area contributed by atoms with Gasteiger partial charge in [0.1, 0.15) is 0 Å². The van der Waals surface area contributed by atoms with E-state index in [0.29, 0.717) is 22.8 Å². The fourth-order valence-electron chi connectivity index (χ4n) is 4.01. The number of carbonyl (C=O) groups excluding carboxylic acids is 1. The second kappa shape index (κ2) is 9.27. The van der Waals surface area contributed by atoms with E-state index < -0.39 is 0 Å². The predicted molar refractivity (Wildman–Crippen MR) is 141 cm³/mol. The van der Waals surface area contributed by atoms with Crippen molar-refractivity contribution >= 4 is 38.2 Å². The number of rotatable bonds is 5. The number of nitrogens with zero attached hydrogens (tertiary/aromatic N) is 3. The third-order valence-electron chi connectivity index (χ3n) is 6.08. The number of aromatic nitrogens is 3. The van der Waals surface area contributed by atoms with Crippen molar-refractivity contribution in [1.29, 1.82) is 0 Å². The van der Waals surface area contributed by atoms with Crippen LogP contribution in [0.2, 0.25) is 0 Å². The molecule has 0 aliphatic rings. The fourth-order valence-corrected chi connectivity index (χ4v) is 4.58. The number of benzene rings is 2. The van der Waals surface area contributed by atoms with Crippen LogP contribution in [-0.4, -0.2) is 37.6 Å². The SMILES string of the molecule is C=CC(=O)c1cc(C(C)(C)C)ccc1-c1cc(-c2ccc(C(C)C)cc2)c2c([As])ncnc2n1. The first-order valence-electron chi connectivity index (χ1n) is 11.4. The van der Waals surface area contributed by atoms with Crippen LogP contribution >= 0.6 is 0 Å². The monoisotopic (exact) mass is 509 g/mol. The van der Waals surface area contributed by atoms with Crippen molar-refractivity contribution in [2.45, 2.75) is 46.0 Å². The molecule has 0 unspecified atom stereocenters. The van der Waals surface area contributed by atoms with E-state index in [2.05, 4.69) is 98.4 Å². The Hall–Kier alpha value is -3.10. The summed E-state index contributed by atoms with van der Waals surface area (Å²) in [6, 6.07) is 16.6. The van der Waals surface area contributed by atoms with Crippen molar-refractivity contribution in [3.63, 3.8) is 0 Å². The van der Waals surface area contributed by atoms with Gasteiger partial charge in [0, 0.05) is 0 Å². The van der Waals surface area contributed by atoms with Gasteiger partial charge in [-0.3, -0.25) is 0 Å². The topological polar surface area (TPSA) is 55.7 Å². The molecule has 34 heavy (non-hydrogen) atoms. The summed E-state index contributed by atoms with van der Waals surface area (Å²) >= 11 is 2.51. The van der Waals surface area contributed by atoms with Crippen molar-refractivity contribution in [2.75, 3.05) is 0 Å². The van der Waals surface area contributed by atoms with Crippen LogP contribution in [0, 0.1) is 0 Å². The molecule has 2 radical (unpaired) electrons. The number of hydrogen-bond donors (Lipinski definition) is 0. The van der Waals surface area contributed by atoms with Gasteiger partial charge in [-0.05, 0) is 0 Å². The molecular weight excluding hydrogens is 481 g/mol. The van der Waals surface area contributed by atoms with E-state index in [-0.39, 0.29) is 11.2 Å². The molecule has 0 spiro atoms. The molecule has 0 saturated carbocycles. The molecular formula is C29H28AsN3O. The summed E-state index contributed by atoms with van der Waals surface area (Å²) in [7, 11) is 0. The first-order chi connectivity index (χ1) is 16.1. The number of allylic oxidation sites excluding steroid dienone is 1. The van der Waals surface area contributed by atoms with Crippen LogP contribution in [0.1, 0.15) is 62.0 Å². The van der Waals surface area contributed by atoms with Gasteiger partial charge in [0.2, 0.25) is 0 Å². The standard InChI is InChI=1S/C29H28AsN3O/c1-7-25(34)23-14-20(29(4,5)6)12-13-21(23)24-15-22(19-10-8-18(9-11-19)17(2)3)26-27(30)31-16-32-28(26)33-24/h7-17H,1H2,2-6H3. The molecule has 4 rings (SSSR count). The molecule has 2 aromatic heterocycles. The molecule has 170 valence electrons. The third kappa shape index (κ3) is 4.60. The molecule has 0 amide bonds. The van der Waals surface area contributed by atoms with E-state index in [1.165, 1.54) is 18.0 Å². The van der Waals surface area contributed by atoms with Crippen molar-refractivity contribution in [2.24, 2.45) is 0 Å². The fraction of sp³-hybridized carbons (Fsp3) is 0.241. The molecule has 0 bridgehead atoms. The summed E-state index contributed by atoms with van der Waals surface area (Å²) in [5.41, 5.74) is 6.99. The van der Waals surface area contributed by atoms with E-state index in [9.17, 15) is 4.79 Å². The van der Waals surface area contributed by atoms with Crippen LogP contribution in [0.25, 0.3) is 33.4 Å². The number of hydrogen-bond acceptors (Lipinski definition) is 4. The number of fused-ring (bicyclic) bond motifs is 1. The predicted octanol–water partition coefficient (Wildman–Crippen LogP) is 5.94. The van der Waals surface area contributed by atoms with Crippen molar-refractivity contribution in [1.82, 2.24) is 15.0 Å². The van der Waals surface area contributed by atoms with E-state index in [1.54, 1.807) is 0 Å². The molecule has 2 heterocycles. The van der Waals surface area contributed by atoms with Crippen molar-refractivity contribution in [3.8, 4) is 22.4 Å². The van der Waals surface area contributed by atoms with Crippen LogP contribution < -0.4 is 4.48 Å². The van der Waals surface area contributed by atoms with Crippen LogP contribution in [-0.2, 0) is 5.41 Å². The minimum atomic E-state index is -0.124. The van der Waals surface area contributed by atoms with Crippen molar-refractivity contribution in [3.05, 3.63) is 84.2 Å². The number of ketones is 1. The molecule has 4 aromatic rings. The summed E-state index contributed by atoms with van der Waals surface area (Å²) in [4.78, 5) is 26.6. The summed E-state index contributed by atoms with van der Waals surface area (Å²) < 4.78 is 0.810. The zero-order valence-electron chi connectivity index (χ0n) is 20.3. The average Bonchev–Trinajstić information content (AvgIpc) is 2.82. The van der Waals surface area contributed by atoms with Crippen LogP contribution in [0.4, 0.5) is 0 Å². The summed E-state index contributed by atoms with van der Waals surface area (Å²) in [6.07, 6.45) is 2.89. The van der Waals surface area contributed by atoms with Gasteiger partial charge in [0.05, 0.1) is 0 Å². The summed E-state index contributed by atoms with van der Waals surface area (Å²) in [6.45, 7) is 14.5. The second-order valence-electron chi connectivity index (χ2n) is 9.81. The first kappa shape index (κ1) is 24.0. The summed E-state index contributed by atoms with van der Waals surface area (Å²) in [5, 5.41) is 0.895. The van der Waals surface area contributed by atoms with Crippen LogP contribution in [0.15, 0.2) is 67.5 Å². The molecule has 0 atom stereocenters. The van der Waals surface area contributed by atoms with Gasteiger partial charge in [0.15, 0.2) is 0 Å². The van der Waals surface area contributed by atoms with Crippen molar-refractivity contribution < 1.29 is 4.79 Å². The molecule has 0 aliphatic heterocycles. The molecule has 0 fully saturated rings. The quantitative estimate of drug-likeness (QED) is 0.190. The van der Waals surface area contributed by atoms with Gasteiger partial charge in [0.25, 0.3) is 0 Å². The minimum absolute atomic E-state index is 0.0862. The van der Waals surface area contributed by atoms with Gasteiger partial charge < -0.3 is 0 Å². The Morgan fingerprint density at radius 3 is 2.32 bits per heavy atom. The van der Waals surface area contributed by atoms with Gasteiger partial charge in [-0.25, -0.2) is 0 Å². The van der Waals surface area contributed by atoms with E-state index in [4.69, 9.17) is 4.98 Å². The Bertz CT molecular complexity index is 1400. The molecule has 0 saturated heterocycles. The van der Waals surface area contributed by atoms with Gasteiger partial charge in [-0.2, -0.15) is 0 Å².